The van der Waals surface area contributed by atoms with Gasteiger partial charge in [0.15, 0.2) is 0 Å². The number of unbranched alkanes of at least 4 members (excludes halogenated alkanes) is 19. The van der Waals surface area contributed by atoms with Gasteiger partial charge in [-0.25, -0.2) is 4.57 Å². The number of aliphatic hydroxyl groups is 1. The molecule has 0 fully saturated rings. The van der Waals surface area contributed by atoms with Crippen molar-refractivity contribution in [1.29, 1.82) is 0 Å². The van der Waals surface area contributed by atoms with E-state index in [1.165, 1.54) is 109 Å². The summed E-state index contributed by atoms with van der Waals surface area (Å²) in [4.78, 5) is 22.6. The third kappa shape index (κ3) is 34.9. The molecule has 8 nitrogen and oxygen atoms in total. The maximum Gasteiger partial charge on any atom is 0.472 e. The number of phosphoric acid groups is 1. The van der Waals surface area contributed by atoms with Crippen LogP contribution < -0.4 is 11.1 Å². The smallest absolute Gasteiger partial charge is 0.387 e. The molecule has 0 aliphatic carbocycles. The molecule has 3 unspecified atom stereocenters. The molecule has 292 valence electrons. The van der Waals surface area contributed by atoms with Gasteiger partial charge in [0.25, 0.3) is 0 Å². The average molecular weight is 725 g/mol. The average Bonchev–Trinajstić information content (AvgIpc) is 3.10. The lowest BCUT2D eigenvalue weighted by molar-refractivity contribution is -0.123. The Balaban J connectivity index is 4.07. The maximum absolute atomic E-state index is 12.7. The van der Waals surface area contributed by atoms with Gasteiger partial charge in [-0.05, 0) is 57.8 Å². The number of hydrogen-bond donors (Lipinski definition) is 4. The number of carbonyl (C=O) groups is 1. The van der Waals surface area contributed by atoms with Crippen molar-refractivity contribution in [3.63, 3.8) is 0 Å². The zero-order chi connectivity index (χ0) is 36.8. The second-order valence-corrected chi connectivity index (χ2v) is 14.9. The number of phosphoric ester groups is 1. The van der Waals surface area contributed by atoms with Gasteiger partial charge in [0.2, 0.25) is 5.91 Å². The van der Waals surface area contributed by atoms with Crippen LogP contribution in [-0.4, -0.2) is 47.8 Å². The Hall–Kier alpha value is -1.54. The fourth-order valence-corrected chi connectivity index (χ4v) is 6.28. The number of aliphatic hydroxyl groups excluding tert-OH is 1. The van der Waals surface area contributed by atoms with Gasteiger partial charge < -0.3 is 21.1 Å². The topological polar surface area (TPSA) is 131 Å². The Morgan fingerprint density at radius 1 is 0.660 bits per heavy atom. The maximum atomic E-state index is 12.7. The predicted molar refractivity (Wildman–Crippen MR) is 212 cm³/mol. The number of nitrogens with two attached hydrogens (primary N) is 1. The lowest BCUT2D eigenvalue weighted by Gasteiger charge is -2.23. The van der Waals surface area contributed by atoms with Crippen molar-refractivity contribution in [1.82, 2.24) is 5.32 Å². The van der Waals surface area contributed by atoms with Crippen molar-refractivity contribution < 1.29 is 28.4 Å². The largest absolute Gasteiger partial charge is 0.472 e. The summed E-state index contributed by atoms with van der Waals surface area (Å²) in [6.07, 6.45) is 44.7. The lowest BCUT2D eigenvalue weighted by atomic mass is 10.0. The highest BCUT2D eigenvalue weighted by Gasteiger charge is 2.26. The van der Waals surface area contributed by atoms with Gasteiger partial charge >= 0.3 is 7.82 Å². The van der Waals surface area contributed by atoms with Crippen molar-refractivity contribution in [3.05, 3.63) is 48.6 Å². The Labute approximate surface area is 307 Å². The van der Waals surface area contributed by atoms with E-state index in [2.05, 4.69) is 55.6 Å². The van der Waals surface area contributed by atoms with Crippen LogP contribution in [0.2, 0.25) is 0 Å². The molecular weight excluding hydrogens is 647 g/mol. The number of carbonyl (C=O) groups excluding carboxylic acids is 1. The summed E-state index contributed by atoms with van der Waals surface area (Å²) >= 11 is 0. The molecule has 1 amide bonds. The van der Waals surface area contributed by atoms with Crippen LogP contribution in [0.25, 0.3) is 0 Å². The molecule has 0 saturated heterocycles. The van der Waals surface area contributed by atoms with E-state index in [0.29, 0.717) is 6.42 Å². The van der Waals surface area contributed by atoms with Gasteiger partial charge in [0.1, 0.15) is 0 Å². The molecule has 3 atom stereocenters. The number of rotatable bonds is 37. The zero-order valence-electron chi connectivity index (χ0n) is 32.1. The Morgan fingerprint density at radius 2 is 1.14 bits per heavy atom. The first kappa shape index (κ1) is 48.5. The highest BCUT2D eigenvalue weighted by atomic mass is 31.2. The third-order valence-corrected chi connectivity index (χ3v) is 9.61. The van der Waals surface area contributed by atoms with Crippen LogP contribution in [0.3, 0.4) is 0 Å². The summed E-state index contributed by atoms with van der Waals surface area (Å²) in [6.45, 7) is 4.01. The third-order valence-electron chi connectivity index (χ3n) is 8.63. The predicted octanol–water partition coefficient (Wildman–Crippen LogP) is 10.9. The van der Waals surface area contributed by atoms with Gasteiger partial charge in [-0.2, -0.15) is 0 Å². The fourth-order valence-electron chi connectivity index (χ4n) is 5.52. The van der Waals surface area contributed by atoms with Crippen LogP contribution in [0.15, 0.2) is 48.6 Å². The van der Waals surface area contributed by atoms with E-state index in [-0.39, 0.29) is 25.7 Å². The van der Waals surface area contributed by atoms with Crippen LogP contribution in [0, 0.1) is 0 Å². The van der Waals surface area contributed by atoms with E-state index in [1.54, 1.807) is 6.08 Å². The second-order valence-electron chi connectivity index (χ2n) is 13.5. The number of allylic oxidation sites excluding steroid dienone is 7. The molecule has 0 rings (SSSR count). The molecule has 0 saturated carbocycles. The van der Waals surface area contributed by atoms with Gasteiger partial charge in [0, 0.05) is 13.0 Å². The van der Waals surface area contributed by atoms with Gasteiger partial charge in [-0.3, -0.25) is 13.8 Å². The van der Waals surface area contributed by atoms with Crippen LogP contribution in [0.4, 0.5) is 0 Å². The monoisotopic (exact) mass is 725 g/mol. The number of nitrogens with one attached hydrogen (secondary N) is 1. The SMILES string of the molecule is CCCC/C=C/CC/C=C/C(O)C(COP(=O)(O)OCCN)NC(=O)CCCCCCCCCCCCC/C=C\C/C=C\CCCCCCC. The fraction of sp³-hybridized carbons (Fsp3) is 0.780. The minimum atomic E-state index is -4.34. The molecule has 50 heavy (non-hydrogen) atoms. The molecule has 9 heteroatoms. The summed E-state index contributed by atoms with van der Waals surface area (Å²) in [7, 11) is -4.34. The van der Waals surface area contributed by atoms with E-state index in [1.807, 2.05) is 6.08 Å². The van der Waals surface area contributed by atoms with E-state index in [0.717, 1.165) is 44.9 Å². The van der Waals surface area contributed by atoms with E-state index >= 15 is 0 Å². The normalized spacial score (nSPS) is 14.7. The van der Waals surface area contributed by atoms with Crippen molar-refractivity contribution in [2.24, 2.45) is 5.73 Å². The molecule has 0 spiro atoms. The van der Waals surface area contributed by atoms with Crippen molar-refractivity contribution in [2.45, 2.75) is 187 Å². The Morgan fingerprint density at radius 3 is 1.72 bits per heavy atom. The van der Waals surface area contributed by atoms with Gasteiger partial charge in [-0.15, -0.1) is 0 Å². The molecule has 0 heterocycles. The summed E-state index contributed by atoms with van der Waals surface area (Å²) < 4.78 is 22.0. The highest BCUT2D eigenvalue weighted by Crippen LogP contribution is 2.43. The first-order chi connectivity index (χ1) is 24.4. The molecular formula is C41H77N2O6P. The van der Waals surface area contributed by atoms with E-state index in [9.17, 15) is 19.4 Å². The first-order valence-corrected chi connectivity index (χ1v) is 21.8. The number of amides is 1. The highest BCUT2D eigenvalue weighted by molar-refractivity contribution is 7.47. The molecule has 0 aliphatic heterocycles. The molecule has 0 aromatic rings. The van der Waals surface area contributed by atoms with E-state index in [4.69, 9.17) is 14.8 Å². The summed E-state index contributed by atoms with van der Waals surface area (Å²) in [6, 6.07) is -0.876. The minimum Gasteiger partial charge on any atom is -0.387 e. The van der Waals surface area contributed by atoms with Crippen LogP contribution in [0.5, 0.6) is 0 Å². The number of hydrogen-bond acceptors (Lipinski definition) is 6. The van der Waals surface area contributed by atoms with E-state index < -0.39 is 20.0 Å². The molecule has 0 bridgehead atoms. The molecule has 5 N–H and O–H groups in total. The van der Waals surface area contributed by atoms with Crippen molar-refractivity contribution in [2.75, 3.05) is 19.8 Å². The van der Waals surface area contributed by atoms with Crippen molar-refractivity contribution in [3.8, 4) is 0 Å². The quantitative estimate of drug-likeness (QED) is 0.0285. The molecule has 0 aliphatic rings. The summed E-state index contributed by atoms with van der Waals surface area (Å²) in [5.41, 5.74) is 5.34. The lowest BCUT2D eigenvalue weighted by Crippen LogP contribution is -2.45. The molecule has 0 aromatic carbocycles. The molecule has 0 aromatic heterocycles. The second kappa shape index (κ2) is 37.2. The Kier molecular flexibility index (Phi) is 36.1. The summed E-state index contributed by atoms with van der Waals surface area (Å²) in [5, 5.41) is 13.5. The standard InChI is InChI=1S/C41H77N2O6P/c1-3-5-7-9-11-13-14-15-16-17-18-19-20-21-22-23-24-25-26-27-29-31-33-35-41(45)43-39(38-49-50(46,47)48-37-36-42)40(44)34-32-30-28-12-10-8-6-4-2/h10,12,14-15,17-18,32,34,39-40,44H,3-9,11,13,16,19-31,33,35-38,42H2,1-2H3,(H,43,45)(H,46,47)/b12-10+,15-14-,18-17-,34-32+. The van der Waals surface area contributed by atoms with Gasteiger partial charge in [0.05, 0.1) is 25.4 Å². The van der Waals surface area contributed by atoms with Crippen LogP contribution in [-0.2, 0) is 18.4 Å². The minimum absolute atomic E-state index is 0.0721. The summed E-state index contributed by atoms with van der Waals surface area (Å²) in [5.74, 6) is -0.212. The first-order valence-electron chi connectivity index (χ1n) is 20.3. The zero-order valence-corrected chi connectivity index (χ0v) is 33.0. The Bertz CT molecular complexity index is 923. The van der Waals surface area contributed by atoms with Crippen molar-refractivity contribution >= 4 is 13.7 Å². The van der Waals surface area contributed by atoms with Crippen LogP contribution in [0.1, 0.15) is 174 Å². The molecule has 0 radical (unpaired) electrons. The van der Waals surface area contributed by atoms with Crippen LogP contribution >= 0.6 is 7.82 Å². The van der Waals surface area contributed by atoms with Gasteiger partial charge in [-0.1, -0.05) is 159 Å².